The minimum atomic E-state index is -0.0667. The summed E-state index contributed by atoms with van der Waals surface area (Å²) in [4.78, 5) is 23.6. The molecule has 0 radical (unpaired) electrons. The Morgan fingerprint density at radius 3 is 2.62 bits per heavy atom. The third kappa shape index (κ3) is 5.71. The van der Waals surface area contributed by atoms with E-state index in [1.165, 1.54) is 11.8 Å². The molecule has 8 heteroatoms. The smallest absolute Gasteiger partial charge is 0.228 e. The molecule has 1 aromatic carbocycles. The molecule has 1 aromatic heterocycles. The second-order valence-corrected chi connectivity index (χ2v) is 7.52. The molecule has 3 rings (SSSR count). The van der Waals surface area contributed by atoms with Gasteiger partial charge >= 0.3 is 0 Å². The normalized spacial score (nSPS) is 13.3. The van der Waals surface area contributed by atoms with Crippen molar-refractivity contribution in [3.63, 3.8) is 0 Å². The third-order valence-electron chi connectivity index (χ3n) is 3.79. The molecule has 0 saturated heterocycles. The maximum atomic E-state index is 11.9. The molecule has 2 N–H and O–H groups in total. The van der Waals surface area contributed by atoms with Crippen LogP contribution in [-0.2, 0) is 9.59 Å². The predicted molar refractivity (Wildman–Crippen MR) is 103 cm³/mol. The Hall–Kier alpha value is -2.12. The van der Waals surface area contributed by atoms with E-state index in [9.17, 15) is 9.59 Å². The van der Waals surface area contributed by atoms with Gasteiger partial charge in [-0.25, -0.2) is 0 Å². The highest BCUT2D eigenvalue weighted by Gasteiger charge is 2.29. The largest absolute Gasteiger partial charge is 0.325 e. The van der Waals surface area contributed by atoms with Crippen LogP contribution in [-0.4, -0.2) is 27.8 Å². The molecule has 2 amide bonds. The number of halogens is 1. The van der Waals surface area contributed by atoms with Gasteiger partial charge < -0.3 is 10.6 Å². The van der Waals surface area contributed by atoms with Crippen LogP contribution in [0.4, 0.5) is 11.5 Å². The maximum absolute atomic E-state index is 11.9. The van der Waals surface area contributed by atoms with Gasteiger partial charge in [-0.05, 0) is 43.5 Å². The van der Waals surface area contributed by atoms with Gasteiger partial charge in [0.05, 0.1) is 10.7 Å². The quantitative estimate of drug-likeness (QED) is 0.526. The molecule has 136 valence electrons. The van der Waals surface area contributed by atoms with Gasteiger partial charge in [-0.15, -0.1) is 22.0 Å². The minimum Gasteiger partial charge on any atom is -0.325 e. The van der Waals surface area contributed by atoms with Crippen LogP contribution in [0.5, 0.6) is 0 Å². The first-order valence-corrected chi connectivity index (χ1v) is 9.80. The van der Waals surface area contributed by atoms with Crippen LogP contribution >= 0.6 is 23.4 Å². The van der Waals surface area contributed by atoms with Gasteiger partial charge in [-0.1, -0.05) is 23.7 Å². The number of amides is 2. The van der Waals surface area contributed by atoms with Gasteiger partial charge in [0, 0.05) is 18.1 Å². The van der Waals surface area contributed by atoms with Crippen molar-refractivity contribution in [3.05, 3.63) is 41.4 Å². The van der Waals surface area contributed by atoms with Crippen molar-refractivity contribution in [2.24, 2.45) is 5.92 Å². The van der Waals surface area contributed by atoms with Gasteiger partial charge in [0.1, 0.15) is 5.03 Å². The van der Waals surface area contributed by atoms with Crippen LogP contribution in [0.1, 0.15) is 25.7 Å². The number of rotatable bonds is 8. The molecule has 1 fully saturated rings. The molecule has 0 atom stereocenters. The number of hydrogen-bond donors (Lipinski definition) is 2. The van der Waals surface area contributed by atoms with Gasteiger partial charge in [-0.3, -0.25) is 9.59 Å². The topological polar surface area (TPSA) is 84.0 Å². The van der Waals surface area contributed by atoms with Crippen LogP contribution in [0.3, 0.4) is 0 Å². The zero-order valence-electron chi connectivity index (χ0n) is 14.1. The molecule has 6 nitrogen and oxygen atoms in total. The SMILES string of the molecule is O=C(CCCSc1ccc(NC(=O)C2CC2)nn1)Nc1ccccc1Cl. The first-order valence-electron chi connectivity index (χ1n) is 8.43. The summed E-state index contributed by atoms with van der Waals surface area (Å²) in [5.74, 6) is 1.32. The Morgan fingerprint density at radius 2 is 1.92 bits per heavy atom. The highest BCUT2D eigenvalue weighted by Crippen LogP contribution is 2.30. The minimum absolute atomic E-state index is 0.0178. The molecule has 0 bridgehead atoms. The molecule has 1 aliphatic rings. The number of hydrogen-bond acceptors (Lipinski definition) is 5. The third-order valence-corrected chi connectivity index (χ3v) is 5.12. The fourth-order valence-electron chi connectivity index (χ4n) is 2.22. The number of carbonyl (C=O) groups is 2. The average molecular weight is 391 g/mol. The second-order valence-electron chi connectivity index (χ2n) is 6.00. The number of carbonyl (C=O) groups excluding carboxylic acids is 2. The lowest BCUT2D eigenvalue weighted by atomic mass is 10.3. The summed E-state index contributed by atoms with van der Waals surface area (Å²) in [5, 5.41) is 14.9. The fourth-order valence-corrected chi connectivity index (χ4v) is 3.17. The molecule has 0 spiro atoms. The summed E-state index contributed by atoms with van der Waals surface area (Å²) >= 11 is 7.54. The molecule has 1 aliphatic carbocycles. The van der Waals surface area contributed by atoms with Crippen LogP contribution in [0.15, 0.2) is 41.4 Å². The van der Waals surface area contributed by atoms with Crippen molar-refractivity contribution in [1.82, 2.24) is 10.2 Å². The van der Waals surface area contributed by atoms with E-state index in [0.717, 1.165) is 23.6 Å². The Balaban J connectivity index is 1.36. The van der Waals surface area contributed by atoms with Crippen molar-refractivity contribution in [1.29, 1.82) is 0 Å². The van der Waals surface area contributed by atoms with Crippen LogP contribution < -0.4 is 10.6 Å². The number of nitrogens with zero attached hydrogens (tertiary/aromatic N) is 2. The van der Waals surface area contributed by atoms with E-state index in [-0.39, 0.29) is 17.7 Å². The lowest BCUT2D eigenvalue weighted by molar-refractivity contribution is -0.117. The average Bonchev–Trinajstić information content (AvgIpc) is 3.47. The molecule has 0 aliphatic heterocycles. The molecular weight excluding hydrogens is 372 g/mol. The Kier molecular flexibility index (Phi) is 6.46. The van der Waals surface area contributed by atoms with Gasteiger partial charge in [-0.2, -0.15) is 0 Å². The molecule has 1 saturated carbocycles. The summed E-state index contributed by atoms with van der Waals surface area (Å²) in [6, 6.07) is 10.7. The highest BCUT2D eigenvalue weighted by molar-refractivity contribution is 7.99. The number of aromatic nitrogens is 2. The number of thioether (sulfide) groups is 1. The highest BCUT2D eigenvalue weighted by atomic mass is 35.5. The van der Waals surface area contributed by atoms with Crippen molar-refractivity contribution < 1.29 is 9.59 Å². The van der Waals surface area contributed by atoms with E-state index in [4.69, 9.17) is 11.6 Å². The van der Waals surface area contributed by atoms with E-state index in [2.05, 4.69) is 20.8 Å². The van der Waals surface area contributed by atoms with Gasteiger partial charge in [0.25, 0.3) is 0 Å². The maximum Gasteiger partial charge on any atom is 0.228 e. The standard InChI is InChI=1S/C18H19ClN4O2S/c19-13-4-1-2-5-14(13)20-16(24)6-3-11-26-17-10-9-15(22-23-17)21-18(25)12-7-8-12/h1-2,4-5,9-10,12H,3,6-8,11H2,(H,20,24)(H,21,22,25). The number of benzene rings is 1. The molecule has 0 unspecified atom stereocenters. The van der Waals surface area contributed by atoms with Gasteiger partial charge in [0.15, 0.2) is 5.82 Å². The molecule has 2 aromatic rings. The van der Waals surface area contributed by atoms with Crippen molar-refractivity contribution in [3.8, 4) is 0 Å². The molecular formula is C18H19ClN4O2S. The number of anilines is 2. The monoisotopic (exact) mass is 390 g/mol. The number of nitrogens with one attached hydrogen (secondary N) is 2. The van der Waals surface area contributed by atoms with E-state index >= 15 is 0 Å². The van der Waals surface area contributed by atoms with Gasteiger partial charge in [0.2, 0.25) is 11.8 Å². The summed E-state index contributed by atoms with van der Waals surface area (Å²) in [6.07, 6.45) is 3.03. The van der Waals surface area contributed by atoms with Crippen LogP contribution in [0.25, 0.3) is 0 Å². The zero-order chi connectivity index (χ0) is 18.4. The lowest BCUT2D eigenvalue weighted by Crippen LogP contribution is -2.14. The van der Waals surface area contributed by atoms with E-state index < -0.39 is 0 Å². The van der Waals surface area contributed by atoms with Crippen molar-refractivity contribution in [2.45, 2.75) is 30.7 Å². The summed E-state index contributed by atoms with van der Waals surface area (Å²) < 4.78 is 0. The first-order chi connectivity index (χ1) is 12.6. The van der Waals surface area contributed by atoms with E-state index in [1.54, 1.807) is 18.2 Å². The Bertz CT molecular complexity index is 781. The zero-order valence-corrected chi connectivity index (χ0v) is 15.6. The van der Waals surface area contributed by atoms with Crippen LogP contribution in [0, 0.1) is 5.92 Å². The second kappa shape index (κ2) is 9.00. The van der Waals surface area contributed by atoms with Crippen LogP contribution in [0.2, 0.25) is 5.02 Å². The summed E-state index contributed by atoms with van der Waals surface area (Å²) in [5.41, 5.74) is 0.626. The van der Waals surface area contributed by atoms with Crippen molar-refractivity contribution in [2.75, 3.05) is 16.4 Å². The van der Waals surface area contributed by atoms with E-state index in [1.807, 2.05) is 18.2 Å². The van der Waals surface area contributed by atoms with Crippen molar-refractivity contribution >= 4 is 46.7 Å². The Morgan fingerprint density at radius 1 is 1.12 bits per heavy atom. The summed E-state index contributed by atoms with van der Waals surface area (Å²) in [7, 11) is 0. The molecule has 1 heterocycles. The lowest BCUT2D eigenvalue weighted by Gasteiger charge is -2.07. The first kappa shape index (κ1) is 18.7. The Labute approximate surface area is 161 Å². The molecule has 26 heavy (non-hydrogen) atoms. The summed E-state index contributed by atoms with van der Waals surface area (Å²) in [6.45, 7) is 0. The fraction of sp³-hybridized carbons (Fsp3) is 0.333. The predicted octanol–water partition coefficient (Wildman–Crippen LogP) is 3.99. The number of para-hydroxylation sites is 1. The van der Waals surface area contributed by atoms with E-state index in [0.29, 0.717) is 29.4 Å².